The van der Waals surface area contributed by atoms with Crippen molar-refractivity contribution in [3.8, 4) is 5.95 Å². The highest BCUT2D eigenvalue weighted by Crippen LogP contribution is 2.31. The summed E-state index contributed by atoms with van der Waals surface area (Å²) in [6, 6.07) is 6.89. The van der Waals surface area contributed by atoms with Gasteiger partial charge in [0.1, 0.15) is 22.8 Å². The number of aromatic nitrogens is 5. The molecule has 0 spiro atoms. The number of pyridine rings is 1. The minimum atomic E-state index is -1.28. The summed E-state index contributed by atoms with van der Waals surface area (Å²) in [4.78, 5) is 25.1. The summed E-state index contributed by atoms with van der Waals surface area (Å²) in [6.45, 7) is 3.29. The zero-order valence-electron chi connectivity index (χ0n) is 17.7. The Morgan fingerprint density at radius 3 is 2.45 bits per heavy atom. The number of nitrogens with two attached hydrogens (primary N) is 2. The maximum atomic E-state index is 14.2. The van der Waals surface area contributed by atoms with E-state index in [4.69, 9.17) is 11.5 Å². The normalized spacial score (nSPS) is 11.3. The summed E-state index contributed by atoms with van der Waals surface area (Å²) in [6.07, 6.45) is -0.167. The zero-order valence-corrected chi connectivity index (χ0v) is 17.7. The fourth-order valence-electron chi connectivity index (χ4n) is 3.52. The van der Waals surface area contributed by atoms with Crippen molar-refractivity contribution in [2.75, 3.05) is 16.4 Å². The van der Waals surface area contributed by atoms with E-state index in [0.29, 0.717) is 16.8 Å². The number of nitrogen functional groups attached to an aromatic ring is 2. The van der Waals surface area contributed by atoms with Crippen molar-refractivity contribution in [2.45, 2.75) is 26.3 Å². The molecule has 33 heavy (non-hydrogen) atoms. The van der Waals surface area contributed by atoms with Crippen LogP contribution >= 0.6 is 0 Å². The van der Waals surface area contributed by atoms with Crippen LogP contribution in [0.4, 0.5) is 30.9 Å². The van der Waals surface area contributed by atoms with Crippen molar-refractivity contribution in [2.24, 2.45) is 0 Å². The van der Waals surface area contributed by atoms with Crippen LogP contribution in [0.25, 0.3) is 17.0 Å². The Kier molecular flexibility index (Phi) is 5.50. The van der Waals surface area contributed by atoms with Crippen molar-refractivity contribution in [1.29, 1.82) is 0 Å². The van der Waals surface area contributed by atoms with Crippen LogP contribution in [0.1, 0.15) is 25.1 Å². The van der Waals surface area contributed by atoms with Gasteiger partial charge in [0, 0.05) is 18.5 Å². The van der Waals surface area contributed by atoms with Gasteiger partial charge in [0.15, 0.2) is 11.6 Å². The standard InChI is InChI=1S/C21H20F2N8O2/c1-10(2)30(21(32)33)17-18(24)27-20(28-19(17)25)31-15-8-12(22)9-26-16(15)14(29-31)7-11-5-3-4-6-13(11)23/h3-6,8-10H,7H2,1-2H3,(H,32,33)(H4,24,25,27,28). The first-order valence-corrected chi connectivity index (χ1v) is 9.89. The lowest BCUT2D eigenvalue weighted by molar-refractivity contribution is 0.200. The molecule has 0 aliphatic heterocycles. The lowest BCUT2D eigenvalue weighted by Gasteiger charge is -2.25. The molecule has 0 unspecified atom stereocenters. The van der Waals surface area contributed by atoms with Gasteiger partial charge >= 0.3 is 6.09 Å². The molecule has 10 nitrogen and oxygen atoms in total. The second-order valence-corrected chi connectivity index (χ2v) is 7.54. The number of fused-ring (bicyclic) bond motifs is 1. The number of rotatable bonds is 5. The molecule has 5 N–H and O–H groups in total. The number of hydrogen-bond donors (Lipinski definition) is 3. The number of anilines is 3. The van der Waals surface area contributed by atoms with E-state index in [2.05, 4.69) is 20.1 Å². The largest absolute Gasteiger partial charge is 0.465 e. The lowest BCUT2D eigenvalue weighted by atomic mass is 10.1. The molecule has 3 heterocycles. The van der Waals surface area contributed by atoms with Gasteiger partial charge in [-0.3, -0.25) is 4.90 Å². The first-order valence-electron chi connectivity index (χ1n) is 9.89. The monoisotopic (exact) mass is 454 g/mol. The van der Waals surface area contributed by atoms with Crippen LogP contribution in [-0.4, -0.2) is 42.0 Å². The Labute approximate surface area is 186 Å². The van der Waals surface area contributed by atoms with Crippen LogP contribution in [0, 0.1) is 11.6 Å². The molecule has 0 radical (unpaired) electrons. The van der Waals surface area contributed by atoms with E-state index in [1.165, 1.54) is 16.8 Å². The predicted octanol–water partition coefficient (Wildman–Crippen LogP) is 3.14. The van der Waals surface area contributed by atoms with E-state index in [1.54, 1.807) is 32.0 Å². The molecule has 0 saturated carbocycles. The summed E-state index contributed by atoms with van der Waals surface area (Å²) in [5.74, 6) is -1.55. The summed E-state index contributed by atoms with van der Waals surface area (Å²) in [5.41, 5.74) is 13.3. The van der Waals surface area contributed by atoms with Gasteiger partial charge in [-0.1, -0.05) is 18.2 Å². The number of carboxylic acid groups (broad SMARTS) is 1. The highest BCUT2D eigenvalue weighted by Gasteiger charge is 2.26. The van der Waals surface area contributed by atoms with Crippen LogP contribution in [0.3, 0.4) is 0 Å². The molecule has 1 amide bonds. The van der Waals surface area contributed by atoms with Crippen LogP contribution in [0.2, 0.25) is 0 Å². The minimum absolute atomic E-state index is 0.0615. The van der Waals surface area contributed by atoms with Crippen molar-refractivity contribution in [1.82, 2.24) is 24.7 Å². The molecule has 3 aromatic heterocycles. The van der Waals surface area contributed by atoms with Crippen molar-refractivity contribution >= 4 is 34.4 Å². The molecule has 170 valence electrons. The van der Waals surface area contributed by atoms with Crippen molar-refractivity contribution in [3.63, 3.8) is 0 Å². The van der Waals surface area contributed by atoms with Crippen LogP contribution in [0.15, 0.2) is 36.5 Å². The third-order valence-electron chi connectivity index (χ3n) is 4.95. The molecule has 0 aliphatic rings. The molecule has 4 rings (SSSR count). The minimum Gasteiger partial charge on any atom is -0.465 e. The number of nitrogens with zero attached hydrogens (tertiary/aromatic N) is 6. The van der Waals surface area contributed by atoms with Gasteiger partial charge in [-0.25, -0.2) is 18.6 Å². The molecule has 0 aliphatic carbocycles. The molecule has 0 fully saturated rings. The van der Waals surface area contributed by atoms with E-state index in [0.717, 1.165) is 11.1 Å². The summed E-state index contributed by atoms with van der Waals surface area (Å²) >= 11 is 0. The van der Waals surface area contributed by atoms with Gasteiger partial charge in [-0.05, 0) is 25.5 Å². The number of benzene rings is 1. The van der Waals surface area contributed by atoms with Crippen LogP contribution in [-0.2, 0) is 6.42 Å². The molecule has 0 bridgehead atoms. The van der Waals surface area contributed by atoms with Crippen molar-refractivity contribution in [3.05, 3.63) is 59.4 Å². The van der Waals surface area contributed by atoms with Gasteiger partial charge in [0.05, 0.1) is 17.4 Å². The fraction of sp³-hybridized carbons (Fsp3) is 0.190. The predicted molar refractivity (Wildman–Crippen MR) is 118 cm³/mol. The van der Waals surface area contributed by atoms with E-state index >= 15 is 0 Å². The molecule has 0 saturated heterocycles. The van der Waals surface area contributed by atoms with E-state index in [9.17, 15) is 18.7 Å². The topological polar surface area (TPSA) is 149 Å². The van der Waals surface area contributed by atoms with Gasteiger partial charge in [-0.2, -0.15) is 19.7 Å². The van der Waals surface area contributed by atoms with Crippen LogP contribution in [0.5, 0.6) is 0 Å². The molecular formula is C21H20F2N8O2. The maximum Gasteiger partial charge on any atom is 0.412 e. The second-order valence-electron chi connectivity index (χ2n) is 7.54. The first kappa shape index (κ1) is 21.9. The fourth-order valence-corrected chi connectivity index (χ4v) is 3.52. The number of halogens is 2. The SMILES string of the molecule is CC(C)N(C(=O)O)c1c(N)nc(-n2nc(Cc3ccccc3F)c3ncc(F)cc32)nc1N. The zero-order chi connectivity index (χ0) is 23.9. The van der Waals surface area contributed by atoms with Gasteiger partial charge in [0.25, 0.3) is 5.95 Å². The lowest BCUT2D eigenvalue weighted by Crippen LogP contribution is -2.37. The van der Waals surface area contributed by atoms with E-state index in [1.807, 2.05) is 0 Å². The number of carbonyl (C=O) groups is 1. The second kappa shape index (κ2) is 8.30. The van der Waals surface area contributed by atoms with Gasteiger partial charge < -0.3 is 16.6 Å². The molecule has 1 aromatic carbocycles. The Hall–Kier alpha value is -4.35. The Balaban J connectivity index is 1.87. The summed E-state index contributed by atoms with van der Waals surface area (Å²) < 4.78 is 29.4. The molecular weight excluding hydrogens is 434 g/mol. The number of hydrogen-bond acceptors (Lipinski definition) is 7. The highest BCUT2D eigenvalue weighted by molar-refractivity contribution is 5.94. The Bertz CT molecular complexity index is 1350. The first-order chi connectivity index (χ1) is 15.7. The van der Waals surface area contributed by atoms with E-state index < -0.39 is 23.8 Å². The molecule has 4 aromatic rings. The third-order valence-corrected chi connectivity index (χ3v) is 4.95. The molecule has 0 atom stereocenters. The average Bonchev–Trinajstić information content (AvgIpc) is 3.09. The Morgan fingerprint density at radius 2 is 1.85 bits per heavy atom. The smallest absolute Gasteiger partial charge is 0.412 e. The summed E-state index contributed by atoms with van der Waals surface area (Å²) in [5, 5.41) is 14.0. The maximum absolute atomic E-state index is 14.2. The summed E-state index contributed by atoms with van der Waals surface area (Å²) in [7, 11) is 0. The quantitative estimate of drug-likeness (QED) is 0.416. The van der Waals surface area contributed by atoms with Gasteiger partial charge in [0.2, 0.25) is 0 Å². The average molecular weight is 454 g/mol. The Morgan fingerprint density at radius 1 is 1.18 bits per heavy atom. The van der Waals surface area contributed by atoms with Crippen molar-refractivity contribution < 1.29 is 18.7 Å². The van der Waals surface area contributed by atoms with E-state index in [-0.39, 0.29) is 35.2 Å². The van der Waals surface area contributed by atoms with Gasteiger partial charge in [-0.15, -0.1) is 0 Å². The van der Waals surface area contributed by atoms with Crippen LogP contribution < -0.4 is 16.4 Å². The third kappa shape index (κ3) is 3.97. The number of amides is 1. The highest BCUT2D eigenvalue weighted by atomic mass is 19.1. The molecule has 12 heteroatoms.